The summed E-state index contributed by atoms with van der Waals surface area (Å²) in [4.78, 5) is 30.2. The number of piperazine rings is 1. The average Bonchev–Trinajstić information content (AvgIpc) is 2.77. The monoisotopic (exact) mass is 422 g/mol. The molecule has 0 spiro atoms. The lowest BCUT2D eigenvalue weighted by atomic mass is 9.52. The first kappa shape index (κ1) is 19.4. The smallest absolute Gasteiger partial charge is 0.349 e. The summed E-state index contributed by atoms with van der Waals surface area (Å²) in [6.07, 6.45) is 8.38. The van der Waals surface area contributed by atoms with Gasteiger partial charge < -0.3 is 14.1 Å². The van der Waals surface area contributed by atoms with Crippen LogP contribution in [0.1, 0.15) is 48.9 Å². The fourth-order valence-electron chi connectivity index (χ4n) is 7.38. The molecular formula is C25H30N2O4. The SMILES string of the molecule is COc1ccc2oc(=O)c(C(=O)N3CCN(C45CC6CC(CC(C6)C4)C5)CC3)cc2c1. The molecule has 164 valence electrons. The molecule has 7 rings (SSSR count). The quantitative estimate of drug-likeness (QED) is 0.708. The molecule has 5 aliphatic rings. The molecule has 1 aliphatic heterocycles. The lowest BCUT2D eigenvalue weighted by molar-refractivity contribution is -0.0987. The van der Waals surface area contributed by atoms with Crippen molar-refractivity contribution in [2.45, 2.75) is 44.1 Å². The van der Waals surface area contributed by atoms with Gasteiger partial charge in [0.2, 0.25) is 0 Å². The van der Waals surface area contributed by atoms with E-state index in [4.69, 9.17) is 9.15 Å². The summed E-state index contributed by atoms with van der Waals surface area (Å²) in [6.45, 7) is 3.17. The molecule has 31 heavy (non-hydrogen) atoms. The Bertz CT molecular complexity index is 1050. The van der Waals surface area contributed by atoms with E-state index in [-0.39, 0.29) is 11.5 Å². The van der Waals surface area contributed by atoms with Crippen LogP contribution in [0.15, 0.2) is 33.5 Å². The maximum atomic E-state index is 13.2. The number of carbonyl (C=O) groups is 1. The molecule has 6 heteroatoms. The van der Waals surface area contributed by atoms with Crippen molar-refractivity contribution in [1.29, 1.82) is 0 Å². The molecular weight excluding hydrogens is 392 g/mol. The molecule has 2 heterocycles. The third-order valence-electron chi connectivity index (χ3n) is 8.41. The van der Waals surface area contributed by atoms with E-state index in [0.29, 0.717) is 35.3 Å². The van der Waals surface area contributed by atoms with E-state index < -0.39 is 5.63 Å². The van der Waals surface area contributed by atoms with Crippen LogP contribution >= 0.6 is 0 Å². The second-order valence-corrected chi connectivity index (χ2v) is 10.3. The summed E-state index contributed by atoms with van der Waals surface area (Å²) in [5, 5.41) is 0.703. The maximum absolute atomic E-state index is 13.2. The highest BCUT2D eigenvalue weighted by Crippen LogP contribution is 2.57. The Balaban J connectivity index is 1.19. The van der Waals surface area contributed by atoms with Gasteiger partial charge in [-0.3, -0.25) is 9.69 Å². The number of hydrogen-bond donors (Lipinski definition) is 0. The average molecular weight is 423 g/mol. The molecule has 0 N–H and O–H groups in total. The number of carbonyl (C=O) groups excluding carboxylic acids is 1. The van der Waals surface area contributed by atoms with Gasteiger partial charge in [-0.1, -0.05) is 0 Å². The van der Waals surface area contributed by atoms with Crippen molar-refractivity contribution in [2.24, 2.45) is 17.8 Å². The van der Waals surface area contributed by atoms with E-state index in [0.717, 1.165) is 30.8 Å². The van der Waals surface area contributed by atoms with Crippen molar-refractivity contribution in [1.82, 2.24) is 9.80 Å². The van der Waals surface area contributed by atoms with Gasteiger partial charge >= 0.3 is 5.63 Å². The predicted octanol–water partition coefficient (Wildman–Crippen LogP) is 3.53. The Morgan fingerprint density at radius 1 is 1.00 bits per heavy atom. The molecule has 1 aromatic carbocycles. The second-order valence-electron chi connectivity index (χ2n) is 10.3. The topological polar surface area (TPSA) is 63.0 Å². The lowest BCUT2D eigenvalue weighted by Gasteiger charge is -2.61. The number of amides is 1. The largest absolute Gasteiger partial charge is 0.497 e. The first-order valence-corrected chi connectivity index (χ1v) is 11.7. The number of fused-ring (bicyclic) bond motifs is 1. The first-order chi connectivity index (χ1) is 15.0. The molecule has 6 nitrogen and oxygen atoms in total. The molecule has 1 aromatic heterocycles. The summed E-state index contributed by atoms with van der Waals surface area (Å²) in [7, 11) is 1.59. The summed E-state index contributed by atoms with van der Waals surface area (Å²) >= 11 is 0. The fraction of sp³-hybridized carbons (Fsp3) is 0.600. The van der Waals surface area contributed by atoms with Gasteiger partial charge in [-0.2, -0.15) is 0 Å². The highest BCUT2D eigenvalue weighted by atomic mass is 16.5. The van der Waals surface area contributed by atoms with Gasteiger partial charge in [0, 0.05) is 37.1 Å². The summed E-state index contributed by atoms with van der Waals surface area (Å²) in [5.41, 5.74) is 0.395. The number of methoxy groups -OCH3 is 1. The molecule has 0 unspecified atom stereocenters. The molecule has 4 aliphatic carbocycles. The van der Waals surface area contributed by atoms with E-state index in [2.05, 4.69) is 4.90 Å². The molecule has 0 radical (unpaired) electrons. The van der Waals surface area contributed by atoms with Crippen LogP contribution in [0.3, 0.4) is 0 Å². The van der Waals surface area contributed by atoms with Gasteiger partial charge in [0.15, 0.2) is 0 Å². The van der Waals surface area contributed by atoms with E-state index in [1.165, 1.54) is 38.5 Å². The summed E-state index contributed by atoms with van der Waals surface area (Å²) in [5.74, 6) is 3.22. The van der Waals surface area contributed by atoms with Gasteiger partial charge in [0.25, 0.3) is 5.91 Å². The minimum Gasteiger partial charge on any atom is -0.497 e. The highest BCUT2D eigenvalue weighted by Gasteiger charge is 2.53. The number of benzene rings is 1. The summed E-state index contributed by atoms with van der Waals surface area (Å²) < 4.78 is 10.7. The minimum atomic E-state index is -0.564. The van der Waals surface area contributed by atoms with Crippen LogP contribution in [0, 0.1) is 17.8 Å². The zero-order chi connectivity index (χ0) is 21.2. The molecule has 1 saturated heterocycles. The Hall–Kier alpha value is -2.34. The third-order valence-corrected chi connectivity index (χ3v) is 8.41. The second kappa shape index (κ2) is 7.09. The van der Waals surface area contributed by atoms with Crippen LogP contribution in [-0.2, 0) is 0 Å². The van der Waals surface area contributed by atoms with E-state index in [1.54, 1.807) is 31.4 Å². The first-order valence-electron chi connectivity index (χ1n) is 11.7. The molecule has 1 amide bonds. The van der Waals surface area contributed by atoms with Crippen molar-refractivity contribution in [3.8, 4) is 5.75 Å². The minimum absolute atomic E-state index is 0.115. The van der Waals surface area contributed by atoms with Crippen molar-refractivity contribution in [3.63, 3.8) is 0 Å². The van der Waals surface area contributed by atoms with E-state index in [1.807, 2.05) is 4.90 Å². The van der Waals surface area contributed by atoms with E-state index in [9.17, 15) is 9.59 Å². The van der Waals surface area contributed by atoms with Crippen molar-refractivity contribution in [2.75, 3.05) is 33.3 Å². The highest BCUT2D eigenvalue weighted by molar-refractivity contribution is 5.96. The standard InChI is InChI=1S/C25H30N2O4/c1-30-20-2-3-22-19(11-20)12-21(24(29)31-22)23(28)26-4-6-27(7-5-26)25-13-16-8-17(14-25)10-18(9-16)15-25/h2-3,11-12,16-18H,4-10,13-15H2,1H3. The Kier molecular flexibility index (Phi) is 4.43. The molecule has 0 atom stereocenters. The van der Waals surface area contributed by atoms with Gasteiger partial charge in [0.05, 0.1) is 7.11 Å². The Morgan fingerprint density at radius 2 is 1.65 bits per heavy atom. The van der Waals surface area contributed by atoms with Crippen LogP contribution in [0.5, 0.6) is 5.75 Å². The zero-order valence-electron chi connectivity index (χ0n) is 18.1. The summed E-state index contributed by atoms with van der Waals surface area (Å²) in [6, 6.07) is 6.89. The van der Waals surface area contributed by atoms with Gasteiger partial charge in [-0.05, 0) is 80.5 Å². The van der Waals surface area contributed by atoms with Crippen LogP contribution in [-0.4, -0.2) is 54.5 Å². The number of nitrogens with zero attached hydrogens (tertiary/aromatic N) is 2. The third kappa shape index (κ3) is 3.18. The maximum Gasteiger partial charge on any atom is 0.349 e. The lowest BCUT2D eigenvalue weighted by Crippen LogP contribution is -2.64. The van der Waals surface area contributed by atoms with Gasteiger partial charge in [-0.25, -0.2) is 4.79 Å². The number of ether oxygens (including phenoxy) is 1. The van der Waals surface area contributed by atoms with Crippen LogP contribution in [0.2, 0.25) is 0 Å². The van der Waals surface area contributed by atoms with Crippen molar-refractivity contribution in [3.05, 3.63) is 40.2 Å². The fourth-order valence-corrected chi connectivity index (χ4v) is 7.38. The molecule has 4 saturated carbocycles. The van der Waals surface area contributed by atoms with Gasteiger partial charge in [-0.15, -0.1) is 0 Å². The molecule has 5 fully saturated rings. The van der Waals surface area contributed by atoms with E-state index >= 15 is 0 Å². The molecule has 4 bridgehead atoms. The number of rotatable bonds is 3. The predicted molar refractivity (Wildman–Crippen MR) is 117 cm³/mol. The van der Waals surface area contributed by atoms with Crippen molar-refractivity contribution >= 4 is 16.9 Å². The van der Waals surface area contributed by atoms with Crippen LogP contribution in [0.4, 0.5) is 0 Å². The van der Waals surface area contributed by atoms with Crippen LogP contribution < -0.4 is 10.4 Å². The normalized spacial score (nSPS) is 32.5. The van der Waals surface area contributed by atoms with Crippen LogP contribution in [0.25, 0.3) is 11.0 Å². The zero-order valence-corrected chi connectivity index (χ0v) is 18.1. The van der Waals surface area contributed by atoms with Crippen molar-refractivity contribution < 1.29 is 13.9 Å². The van der Waals surface area contributed by atoms with Gasteiger partial charge in [0.1, 0.15) is 16.9 Å². The Morgan fingerprint density at radius 3 is 2.26 bits per heavy atom. The molecule has 2 aromatic rings. The number of hydrogen-bond acceptors (Lipinski definition) is 5. The Labute approximate surface area is 182 Å².